The first kappa shape index (κ1) is 10.9. The van der Waals surface area contributed by atoms with Gasteiger partial charge in [-0.25, -0.2) is 0 Å². The molecule has 0 N–H and O–H groups in total. The molecule has 17 heavy (non-hydrogen) atoms. The van der Waals surface area contributed by atoms with Crippen molar-refractivity contribution in [3.05, 3.63) is 46.0 Å². The third-order valence-corrected chi connectivity index (χ3v) is 5.42. The topological polar surface area (TPSA) is 17.1 Å². The van der Waals surface area contributed by atoms with Crippen LogP contribution in [0, 0.1) is 0 Å². The largest absolute Gasteiger partial charge is 0.297 e. The SMILES string of the molecule is O=Cc1ccc(-c2ccc(-c3ccsc3)s2)s1. The summed E-state index contributed by atoms with van der Waals surface area (Å²) in [5.74, 6) is 0. The third kappa shape index (κ3) is 2.11. The van der Waals surface area contributed by atoms with Gasteiger partial charge in [-0.05, 0) is 41.1 Å². The number of carbonyl (C=O) groups excluding carboxylic acids is 1. The minimum Gasteiger partial charge on any atom is -0.297 e. The van der Waals surface area contributed by atoms with Crippen molar-refractivity contribution in [1.82, 2.24) is 0 Å². The molecule has 3 aromatic heterocycles. The third-order valence-electron chi connectivity index (χ3n) is 2.40. The van der Waals surface area contributed by atoms with Crippen LogP contribution in [-0.4, -0.2) is 6.29 Å². The zero-order valence-electron chi connectivity index (χ0n) is 8.75. The van der Waals surface area contributed by atoms with Crippen LogP contribution < -0.4 is 0 Å². The van der Waals surface area contributed by atoms with Crippen molar-refractivity contribution in [2.24, 2.45) is 0 Å². The average molecular weight is 276 g/mol. The van der Waals surface area contributed by atoms with E-state index in [4.69, 9.17) is 0 Å². The zero-order chi connectivity index (χ0) is 11.7. The Labute approximate surface area is 111 Å². The number of carbonyl (C=O) groups is 1. The molecule has 0 unspecified atom stereocenters. The van der Waals surface area contributed by atoms with Gasteiger partial charge in [0, 0.05) is 20.2 Å². The second-order valence-electron chi connectivity index (χ2n) is 3.50. The Bertz CT molecular complexity index is 631. The van der Waals surface area contributed by atoms with Crippen molar-refractivity contribution in [3.63, 3.8) is 0 Å². The van der Waals surface area contributed by atoms with Gasteiger partial charge in [-0.1, -0.05) is 0 Å². The van der Waals surface area contributed by atoms with Crippen LogP contribution in [-0.2, 0) is 0 Å². The maximum absolute atomic E-state index is 10.7. The molecule has 84 valence electrons. The fourth-order valence-corrected chi connectivity index (χ4v) is 4.22. The molecule has 0 aliphatic carbocycles. The van der Waals surface area contributed by atoms with Crippen molar-refractivity contribution in [2.45, 2.75) is 0 Å². The Hall–Kier alpha value is -1.23. The van der Waals surface area contributed by atoms with Crippen LogP contribution in [0.15, 0.2) is 41.1 Å². The number of thiophene rings is 3. The number of aldehydes is 1. The molecular formula is C13H8OS3. The molecule has 3 heterocycles. The average Bonchev–Trinajstić information content (AvgIpc) is 3.09. The van der Waals surface area contributed by atoms with E-state index in [1.807, 2.05) is 12.1 Å². The monoisotopic (exact) mass is 276 g/mol. The van der Waals surface area contributed by atoms with E-state index in [-0.39, 0.29) is 0 Å². The molecule has 0 aromatic carbocycles. The normalized spacial score (nSPS) is 10.6. The lowest BCUT2D eigenvalue weighted by Crippen LogP contribution is -1.62. The Morgan fingerprint density at radius 2 is 1.65 bits per heavy atom. The van der Waals surface area contributed by atoms with Crippen molar-refractivity contribution >= 4 is 40.3 Å². The summed E-state index contributed by atoms with van der Waals surface area (Å²) >= 11 is 5.02. The van der Waals surface area contributed by atoms with E-state index in [1.165, 1.54) is 20.2 Å². The lowest BCUT2D eigenvalue weighted by atomic mass is 10.3. The van der Waals surface area contributed by atoms with Crippen LogP contribution in [0.5, 0.6) is 0 Å². The smallest absolute Gasteiger partial charge is 0.160 e. The van der Waals surface area contributed by atoms with Crippen molar-refractivity contribution < 1.29 is 4.79 Å². The molecule has 0 aliphatic heterocycles. The molecule has 4 heteroatoms. The summed E-state index contributed by atoms with van der Waals surface area (Å²) < 4.78 is 0. The molecule has 0 aliphatic rings. The Morgan fingerprint density at radius 1 is 0.882 bits per heavy atom. The van der Waals surface area contributed by atoms with Crippen molar-refractivity contribution in [3.8, 4) is 20.2 Å². The molecule has 0 fully saturated rings. The highest BCUT2D eigenvalue weighted by Crippen LogP contribution is 2.37. The molecule has 0 saturated heterocycles. The molecule has 0 bridgehead atoms. The van der Waals surface area contributed by atoms with Crippen molar-refractivity contribution in [1.29, 1.82) is 0 Å². The van der Waals surface area contributed by atoms with E-state index >= 15 is 0 Å². The lowest BCUT2D eigenvalue weighted by molar-refractivity contribution is 0.112. The van der Waals surface area contributed by atoms with Gasteiger partial charge >= 0.3 is 0 Å². The van der Waals surface area contributed by atoms with Gasteiger partial charge in [0.15, 0.2) is 6.29 Å². The molecule has 3 aromatic rings. The molecule has 3 rings (SSSR count). The van der Waals surface area contributed by atoms with E-state index < -0.39 is 0 Å². The standard InChI is InChI=1S/C13H8OS3/c14-7-10-1-2-12(16-10)13-4-3-11(17-13)9-5-6-15-8-9/h1-8H. The van der Waals surface area contributed by atoms with Gasteiger partial charge in [-0.2, -0.15) is 11.3 Å². The maximum Gasteiger partial charge on any atom is 0.160 e. The highest BCUT2D eigenvalue weighted by molar-refractivity contribution is 7.24. The van der Waals surface area contributed by atoms with Crippen LogP contribution in [0.3, 0.4) is 0 Å². The van der Waals surface area contributed by atoms with Crippen LogP contribution in [0.25, 0.3) is 20.2 Å². The predicted octanol–water partition coefficient (Wildman–Crippen LogP) is 5.02. The number of rotatable bonds is 3. The second-order valence-corrected chi connectivity index (χ2v) is 6.47. The van der Waals surface area contributed by atoms with Gasteiger partial charge in [-0.15, -0.1) is 22.7 Å². The highest BCUT2D eigenvalue weighted by Gasteiger charge is 2.07. The summed E-state index contributed by atoms with van der Waals surface area (Å²) in [5, 5.41) is 4.24. The van der Waals surface area contributed by atoms with Crippen LogP contribution in [0.4, 0.5) is 0 Å². The first-order valence-corrected chi connectivity index (χ1v) is 7.62. The first-order chi connectivity index (χ1) is 8.36. The minimum absolute atomic E-state index is 0.783. The summed E-state index contributed by atoms with van der Waals surface area (Å²) in [4.78, 5) is 15.1. The maximum atomic E-state index is 10.7. The molecule has 0 amide bonds. The summed E-state index contributed by atoms with van der Waals surface area (Å²) in [6.07, 6.45) is 0.904. The predicted molar refractivity (Wildman–Crippen MR) is 76.3 cm³/mol. The van der Waals surface area contributed by atoms with Gasteiger partial charge in [0.05, 0.1) is 4.88 Å². The van der Waals surface area contributed by atoms with Crippen LogP contribution in [0.2, 0.25) is 0 Å². The van der Waals surface area contributed by atoms with E-state index in [1.54, 1.807) is 34.0 Å². The quantitative estimate of drug-likeness (QED) is 0.614. The molecule has 1 nitrogen and oxygen atoms in total. The van der Waals surface area contributed by atoms with Crippen LogP contribution >= 0.6 is 34.0 Å². The Balaban J connectivity index is 1.97. The molecule has 0 radical (unpaired) electrons. The van der Waals surface area contributed by atoms with Gasteiger partial charge < -0.3 is 0 Å². The van der Waals surface area contributed by atoms with Gasteiger partial charge in [0.25, 0.3) is 0 Å². The molecule has 0 saturated carbocycles. The fourth-order valence-electron chi connectivity index (χ4n) is 1.58. The van der Waals surface area contributed by atoms with E-state index in [9.17, 15) is 4.79 Å². The highest BCUT2D eigenvalue weighted by atomic mass is 32.1. The number of hydrogen-bond donors (Lipinski definition) is 0. The summed E-state index contributed by atoms with van der Waals surface area (Å²) in [6, 6.07) is 10.3. The van der Waals surface area contributed by atoms with Gasteiger partial charge in [-0.3, -0.25) is 4.79 Å². The van der Waals surface area contributed by atoms with Gasteiger partial charge in [0.1, 0.15) is 0 Å². The van der Waals surface area contributed by atoms with E-state index in [0.29, 0.717) is 0 Å². The molecule has 0 spiro atoms. The van der Waals surface area contributed by atoms with Gasteiger partial charge in [0.2, 0.25) is 0 Å². The first-order valence-electron chi connectivity index (χ1n) is 5.04. The van der Waals surface area contributed by atoms with Crippen molar-refractivity contribution in [2.75, 3.05) is 0 Å². The number of hydrogen-bond acceptors (Lipinski definition) is 4. The summed E-state index contributed by atoms with van der Waals surface area (Å²) in [6.45, 7) is 0. The zero-order valence-corrected chi connectivity index (χ0v) is 11.2. The molecular weight excluding hydrogens is 268 g/mol. The fraction of sp³-hybridized carbons (Fsp3) is 0. The molecule has 0 atom stereocenters. The second kappa shape index (κ2) is 4.56. The van der Waals surface area contributed by atoms with E-state index in [0.717, 1.165) is 11.2 Å². The lowest BCUT2D eigenvalue weighted by Gasteiger charge is -1.90. The van der Waals surface area contributed by atoms with Crippen LogP contribution in [0.1, 0.15) is 9.67 Å². The Kier molecular flexibility index (Phi) is 2.93. The minimum atomic E-state index is 0.783. The summed E-state index contributed by atoms with van der Waals surface area (Å²) in [7, 11) is 0. The van der Waals surface area contributed by atoms with E-state index in [2.05, 4.69) is 29.0 Å². The summed E-state index contributed by atoms with van der Waals surface area (Å²) in [5.41, 5.74) is 1.28. The Morgan fingerprint density at radius 3 is 2.35 bits per heavy atom.